The molecule has 0 saturated carbocycles. The third-order valence-corrected chi connectivity index (χ3v) is 4.77. The van der Waals surface area contributed by atoms with Gasteiger partial charge >= 0.3 is 0 Å². The van der Waals surface area contributed by atoms with Crippen molar-refractivity contribution >= 4 is 45.7 Å². The highest BCUT2D eigenvalue weighted by Crippen LogP contribution is 2.33. The summed E-state index contributed by atoms with van der Waals surface area (Å²) >= 11 is 12.2. The predicted octanol–water partition coefficient (Wildman–Crippen LogP) is 3.26. The van der Waals surface area contributed by atoms with E-state index in [4.69, 9.17) is 33.7 Å². The standard InChI is InChI=1S/C18H12Cl2N4O3/c1-27-9-3-5-13-11(7-9)18(26)24-17(22-13)14(16(21)25)15(23-24)10-4-2-8(19)6-12(10)20/h2-7,22H,1H3,(H2,21,25). The van der Waals surface area contributed by atoms with Gasteiger partial charge in [0.2, 0.25) is 0 Å². The van der Waals surface area contributed by atoms with Gasteiger partial charge in [-0.3, -0.25) is 9.59 Å². The maximum absolute atomic E-state index is 12.9. The molecule has 2 aromatic heterocycles. The summed E-state index contributed by atoms with van der Waals surface area (Å²) in [5, 5.41) is 5.38. The molecule has 0 fully saturated rings. The molecule has 7 nitrogen and oxygen atoms in total. The Bertz CT molecular complexity index is 1290. The van der Waals surface area contributed by atoms with Gasteiger partial charge in [0, 0.05) is 10.6 Å². The van der Waals surface area contributed by atoms with Crippen LogP contribution in [0.1, 0.15) is 10.4 Å². The molecule has 4 rings (SSSR count). The van der Waals surface area contributed by atoms with Crippen molar-refractivity contribution in [2.45, 2.75) is 0 Å². The topological polar surface area (TPSA) is 102 Å². The largest absolute Gasteiger partial charge is 0.497 e. The lowest BCUT2D eigenvalue weighted by molar-refractivity contribution is 0.100. The molecule has 0 aliphatic heterocycles. The summed E-state index contributed by atoms with van der Waals surface area (Å²) in [5.74, 6) is -0.217. The van der Waals surface area contributed by atoms with Crippen molar-refractivity contribution < 1.29 is 9.53 Å². The average molecular weight is 403 g/mol. The van der Waals surface area contributed by atoms with E-state index in [2.05, 4.69) is 10.1 Å². The number of carbonyl (C=O) groups is 1. The number of rotatable bonds is 3. The van der Waals surface area contributed by atoms with Crippen molar-refractivity contribution in [1.29, 1.82) is 0 Å². The minimum atomic E-state index is -0.741. The summed E-state index contributed by atoms with van der Waals surface area (Å²) in [5.41, 5.74) is 6.56. The fourth-order valence-electron chi connectivity index (χ4n) is 2.96. The molecule has 136 valence electrons. The molecule has 0 spiro atoms. The quantitative estimate of drug-likeness (QED) is 0.548. The van der Waals surface area contributed by atoms with E-state index in [-0.39, 0.29) is 21.9 Å². The molecule has 0 bridgehead atoms. The van der Waals surface area contributed by atoms with Crippen molar-refractivity contribution in [2.24, 2.45) is 5.73 Å². The Hall–Kier alpha value is -3.03. The van der Waals surface area contributed by atoms with Gasteiger partial charge in [-0.05, 0) is 36.4 Å². The molecule has 0 radical (unpaired) electrons. The number of ether oxygens (including phenoxy) is 1. The maximum atomic E-state index is 12.9. The van der Waals surface area contributed by atoms with Crippen LogP contribution in [0.5, 0.6) is 5.75 Å². The third kappa shape index (κ3) is 2.72. The number of nitrogens with one attached hydrogen (secondary N) is 1. The van der Waals surface area contributed by atoms with Gasteiger partial charge in [0.1, 0.15) is 17.0 Å². The van der Waals surface area contributed by atoms with E-state index in [1.807, 2.05) is 0 Å². The van der Waals surface area contributed by atoms with E-state index >= 15 is 0 Å². The van der Waals surface area contributed by atoms with Gasteiger partial charge in [0.05, 0.1) is 23.0 Å². The first-order chi connectivity index (χ1) is 12.9. The number of hydrogen-bond acceptors (Lipinski definition) is 4. The van der Waals surface area contributed by atoms with Crippen LogP contribution in [0.2, 0.25) is 10.0 Å². The fraction of sp³-hybridized carbons (Fsp3) is 0.0556. The number of aromatic amines is 1. The highest BCUT2D eigenvalue weighted by molar-refractivity contribution is 6.36. The van der Waals surface area contributed by atoms with Gasteiger partial charge in [-0.15, -0.1) is 0 Å². The van der Waals surface area contributed by atoms with Gasteiger partial charge in [-0.2, -0.15) is 9.61 Å². The summed E-state index contributed by atoms with van der Waals surface area (Å²) < 4.78 is 6.27. The summed E-state index contributed by atoms with van der Waals surface area (Å²) in [6.45, 7) is 0. The molecule has 2 aromatic carbocycles. The normalized spacial score (nSPS) is 11.2. The zero-order chi connectivity index (χ0) is 19.3. The Labute approximate surface area is 162 Å². The molecule has 0 unspecified atom stereocenters. The van der Waals surface area contributed by atoms with Gasteiger partial charge in [0.15, 0.2) is 5.65 Å². The minimum Gasteiger partial charge on any atom is -0.497 e. The Kier molecular flexibility index (Phi) is 4.05. The van der Waals surface area contributed by atoms with Crippen molar-refractivity contribution in [3.8, 4) is 17.0 Å². The first-order valence-corrected chi connectivity index (χ1v) is 8.54. The highest BCUT2D eigenvalue weighted by atomic mass is 35.5. The van der Waals surface area contributed by atoms with Crippen LogP contribution in [-0.2, 0) is 0 Å². The number of primary amides is 1. The Morgan fingerprint density at radius 1 is 1.22 bits per heavy atom. The van der Waals surface area contributed by atoms with E-state index in [0.717, 1.165) is 4.52 Å². The minimum absolute atomic E-state index is 0.0639. The summed E-state index contributed by atoms with van der Waals surface area (Å²) in [4.78, 5) is 28.1. The average Bonchev–Trinajstić information content (AvgIpc) is 3.01. The van der Waals surface area contributed by atoms with E-state index in [1.54, 1.807) is 30.3 Å². The molecule has 0 aliphatic carbocycles. The summed E-state index contributed by atoms with van der Waals surface area (Å²) in [6.07, 6.45) is 0. The van der Waals surface area contributed by atoms with Crippen molar-refractivity contribution in [1.82, 2.24) is 14.6 Å². The molecule has 27 heavy (non-hydrogen) atoms. The lowest BCUT2D eigenvalue weighted by Crippen LogP contribution is -2.17. The highest BCUT2D eigenvalue weighted by Gasteiger charge is 2.23. The number of benzene rings is 2. The molecular weight excluding hydrogens is 391 g/mol. The van der Waals surface area contributed by atoms with Crippen LogP contribution in [0.3, 0.4) is 0 Å². The second-order valence-corrected chi connectivity index (χ2v) is 6.66. The molecule has 2 heterocycles. The number of methoxy groups -OCH3 is 1. The van der Waals surface area contributed by atoms with Gasteiger partial charge in [0.25, 0.3) is 11.5 Å². The van der Waals surface area contributed by atoms with Crippen LogP contribution in [0.15, 0.2) is 41.2 Å². The van der Waals surface area contributed by atoms with E-state index < -0.39 is 11.5 Å². The first kappa shape index (κ1) is 17.4. The number of amides is 1. The van der Waals surface area contributed by atoms with E-state index in [9.17, 15) is 9.59 Å². The number of halogens is 2. The number of nitrogens with zero attached hydrogens (tertiary/aromatic N) is 2. The fourth-order valence-corrected chi connectivity index (χ4v) is 3.46. The van der Waals surface area contributed by atoms with Crippen molar-refractivity contribution in [3.05, 3.63) is 62.4 Å². The first-order valence-electron chi connectivity index (χ1n) is 7.78. The number of fused-ring (bicyclic) bond motifs is 2. The van der Waals surface area contributed by atoms with Crippen molar-refractivity contribution in [2.75, 3.05) is 7.11 Å². The maximum Gasteiger partial charge on any atom is 0.282 e. The molecule has 0 aliphatic rings. The molecule has 9 heteroatoms. The molecule has 3 N–H and O–H groups in total. The third-order valence-electron chi connectivity index (χ3n) is 4.22. The Morgan fingerprint density at radius 3 is 2.67 bits per heavy atom. The zero-order valence-electron chi connectivity index (χ0n) is 13.9. The van der Waals surface area contributed by atoms with Gasteiger partial charge in [-0.1, -0.05) is 23.2 Å². The predicted molar refractivity (Wildman–Crippen MR) is 104 cm³/mol. The van der Waals surface area contributed by atoms with Crippen LogP contribution in [-0.4, -0.2) is 27.6 Å². The molecule has 4 aromatic rings. The van der Waals surface area contributed by atoms with E-state index in [1.165, 1.54) is 13.2 Å². The van der Waals surface area contributed by atoms with Crippen LogP contribution >= 0.6 is 23.2 Å². The second-order valence-electron chi connectivity index (χ2n) is 5.81. The number of nitrogens with two attached hydrogens (primary N) is 1. The van der Waals surface area contributed by atoms with Gasteiger partial charge < -0.3 is 15.5 Å². The molecule has 0 saturated heterocycles. The molecule has 0 atom stereocenters. The smallest absolute Gasteiger partial charge is 0.282 e. The number of aromatic nitrogens is 3. The lowest BCUT2D eigenvalue weighted by atomic mass is 10.1. The zero-order valence-corrected chi connectivity index (χ0v) is 15.4. The Balaban J connectivity index is 2.13. The summed E-state index contributed by atoms with van der Waals surface area (Å²) in [7, 11) is 1.51. The van der Waals surface area contributed by atoms with Crippen LogP contribution < -0.4 is 16.0 Å². The second kappa shape index (κ2) is 6.29. The van der Waals surface area contributed by atoms with Crippen LogP contribution in [0, 0.1) is 0 Å². The number of hydrogen-bond donors (Lipinski definition) is 2. The number of carbonyl (C=O) groups excluding carboxylic acids is 1. The van der Waals surface area contributed by atoms with Crippen LogP contribution in [0.4, 0.5) is 0 Å². The molecular formula is C18H12Cl2N4O3. The van der Waals surface area contributed by atoms with E-state index in [0.29, 0.717) is 27.2 Å². The van der Waals surface area contributed by atoms with Crippen LogP contribution in [0.25, 0.3) is 27.8 Å². The SMILES string of the molecule is COc1ccc2[nH]c3c(C(N)=O)c(-c4ccc(Cl)cc4Cl)nn3c(=O)c2c1. The van der Waals surface area contributed by atoms with Crippen molar-refractivity contribution in [3.63, 3.8) is 0 Å². The number of H-pyrrole nitrogens is 1. The molecule has 1 amide bonds. The van der Waals surface area contributed by atoms with Gasteiger partial charge in [-0.25, -0.2) is 0 Å². The summed E-state index contributed by atoms with van der Waals surface area (Å²) in [6, 6.07) is 9.73. The Morgan fingerprint density at radius 2 is 2.00 bits per heavy atom. The monoisotopic (exact) mass is 402 g/mol. The lowest BCUT2D eigenvalue weighted by Gasteiger charge is -2.04.